The van der Waals surface area contributed by atoms with Crippen molar-refractivity contribution < 1.29 is 9.47 Å². The number of rotatable bonds is 1. The molecule has 4 heteroatoms. The smallest absolute Gasteiger partial charge is 0.187 e. The van der Waals surface area contributed by atoms with E-state index in [4.69, 9.17) is 9.47 Å². The van der Waals surface area contributed by atoms with Crippen LogP contribution in [0.1, 0.15) is 0 Å². The average molecular weight is 348 g/mol. The van der Waals surface area contributed by atoms with E-state index in [-0.39, 0.29) is 10.1 Å². The predicted octanol–water partition coefficient (Wildman–Crippen LogP) is 2.01. The SMILES string of the molecule is BrC[C@]12[C@@H]3[C@@H]4[C@H]5[C@@H]1[C@@H]2[C@@](Br)([C@H]43)C51OCCO1. The maximum absolute atomic E-state index is 6.11. The van der Waals surface area contributed by atoms with Crippen molar-refractivity contribution >= 4 is 31.9 Å². The molecule has 0 aromatic carbocycles. The summed E-state index contributed by atoms with van der Waals surface area (Å²) >= 11 is 7.89. The van der Waals surface area contributed by atoms with Gasteiger partial charge in [0.25, 0.3) is 0 Å². The van der Waals surface area contributed by atoms with Crippen LogP contribution in [0.25, 0.3) is 0 Å². The fraction of sp³-hybridized carbons (Fsp3) is 1.00. The fourth-order valence-electron chi connectivity index (χ4n) is 6.87. The molecular weight excluding hydrogens is 336 g/mol. The highest BCUT2D eigenvalue weighted by atomic mass is 79.9. The molecule has 0 aromatic rings. The molecule has 0 unspecified atom stereocenters. The van der Waals surface area contributed by atoms with Crippen molar-refractivity contribution in [2.75, 3.05) is 18.5 Å². The third kappa shape index (κ3) is 0.473. The standard InChI is InChI=1S/C12H12Br2O2/c13-3-10-5-4-6(5)11(14)9(10)8(10)7(4)12(11)15-1-2-16-12/h4-9H,1-3H2/t4-,5+,6+,7-,8+,9-,10-,11-/m0/s1. The van der Waals surface area contributed by atoms with Gasteiger partial charge in [0, 0.05) is 11.2 Å². The lowest BCUT2D eigenvalue weighted by molar-refractivity contribution is -0.192. The summed E-state index contributed by atoms with van der Waals surface area (Å²) in [5.74, 6) is 5.01. The maximum Gasteiger partial charge on any atom is 0.187 e. The zero-order chi connectivity index (χ0) is 10.5. The molecule has 7 rings (SSSR count). The molecule has 6 saturated carbocycles. The summed E-state index contributed by atoms with van der Waals surface area (Å²) in [5.41, 5.74) is 0.643. The van der Waals surface area contributed by atoms with Crippen molar-refractivity contribution in [3.8, 4) is 0 Å². The Labute approximate surface area is 111 Å². The second-order valence-electron chi connectivity index (χ2n) is 6.54. The summed E-state index contributed by atoms with van der Waals surface area (Å²) in [6.07, 6.45) is 0. The first-order valence-corrected chi connectivity index (χ1v) is 8.19. The summed E-state index contributed by atoms with van der Waals surface area (Å²) in [6.45, 7) is 1.60. The van der Waals surface area contributed by atoms with Gasteiger partial charge in [-0.2, -0.15) is 0 Å². The van der Waals surface area contributed by atoms with Crippen LogP contribution in [0.4, 0.5) is 0 Å². The Bertz CT molecular complexity index is 448. The molecule has 1 heterocycles. The lowest BCUT2D eigenvalue weighted by atomic mass is 9.95. The topological polar surface area (TPSA) is 18.5 Å². The highest BCUT2D eigenvalue weighted by Gasteiger charge is 3.08. The first-order valence-electron chi connectivity index (χ1n) is 6.28. The zero-order valence-electron chi connectivity index (χ0n) is 8.66. The Kier molecular flexibility index (Phi) is 1.11. The third-order valence-corrected chi connectivity index (χ3v) is 9.35. The van der Waals surface area contributed by atoms with Crippen LogP contribution in [0.15, 0.2) is 0 Å². The Hall–Kier alpha value is 0.880. The summed E-state index contributed by atoms with van der Waals surface area (Å²) in [4.78, 5) is 0. The van der Waals surface area contributed by atoms with Crippen molar-refractivity contribution in [3.63, 3.8) is 0 Å². The molecule has 7 fully saturated rings. The minimum atomic E-state index is -0.212. The van der Waals surface area contributed by atoms with E-state index in [1.807, 2.05) is 0 Å². The fourth-order valence-corrected chi connectivity index (χ4v) is 9.76. The van der Waals surface area contributed by atoms with Gasteiger partial charge in [0.05, 0.1) is 17.5 Å². The zero-order valence-corrected chi connectivity index (χ0v) is 11.8. The monoisotopic (exact) mass is 346 g/mol. The molecular formula is C12H12Br2O2. The number of hydrogen-bond donors (Lipinski definition) is 0. The van der Waals surface area contributed by atoms with E-state index in [1.54, 1.807) is 0 Å². The minimum Gasteiger partial charge on any atom is -0.346 e. The molecule has 0 amide bonds. The van der Waals surface area contributed by atoms with Crippen molar-refractivity contribution in [1.29, 1.82) is 0 Å². The van der Waals surface area contributed by atoms with E-state index in [0.29, 0.717) is 11.3 Å². The van der Waals surface area contributed by atoms with Crippen LogP contribution in [0, 0.1) is 40.9 Å². The largest absolute Gasteiger partial charge is 0.346 e. The Balaban J connectivity index is 1.63. The summed E-state index contributed by atoms with van der Waals surface area (Å²) in [6, 6.07) is 0. The lowest BCUT2D eigenvalue weighted by Crippen LogP contribution is -2.50. The molecule has 0 aromatic heterocycles. The number of hydrogen-bond acceptors (Lipinski definition) is 2. The second-order valence-corrected chi connectivity index (χ2v) is 8.41. The van der Waals surface area contributed by atoms with E-state index in [2.05, 4.69) is 31.9 Å². The van der Waals surface area contributed by atoms with Crippen LogP contribution in [0.2, 0.25) is 0 Å². The molecule has 2 nitrogen and oxygen atoms in total. The van der Waals surface area contributed by atoms with Gasteiger partial charge in [-0.3, -0.25) is 0 Å². The molecule has 6 aliphatic carbocycles. The lowest BCUT2D eigenvalue weighted by Gasteiger charge is -2.37. The van der Waals surface area contributed by atoms with Gasteiger partial charge in [-0.05, 0) is 35.0 Å². The van der Waals surface area contributed by atoms with Crippen molar-refractivity contribution in [3.05, 3.63) is 0 Å². The molecule has 1 saturated heterocycles. The van der Waals surface area contributed by atoms with Crippen LogP contribution in [-0.2, 0) is 9.47 Å². The van der Waals surface area contributed by atoms with E-state index in [1.165, 1.54) is 5.33 Å². The van der Waals surface area contributed by atoms with Gasteiger partial charge >= 0.3 is 0 Å². The molecule has 8 atom stereocenters. The van der Waals surface area contributed by atoms with Crippen LogP contribution in [-0.4, -0.2) is 28.7 Å². The van der Waals surface area contributed by atoms with Crippen molar-refractivity contribution in [2.45, 2.75) is 10.1 Å². The highest BCUT2D eigenvalue weighted by molar-refractivity contribution is 9.10. The first kappa shape index (κ1) is 8.89. The van der Waals surface area contributed by atoms with Gasteiger partial charge < -0.3 is 9.47 Å². The van der Waals surface area contributed by atoms with Crippen molar-refractivity contribution in [2.24, 2.45) is 40.9 Å². The van der Waals surface area contributed by atoms with E-state index in [9.17, 15) is 0 Å². The third-order valence-electron chi connectivity index (χ3n) is 6.81. The van der Waals surface area contributed by atoms with Gasteiger partial charge in [-0.15, -0.1) is 0 Å². The molecule has 1 spiro atoms. The number of ether oxygens (including phenoxy) is 2. The number of alkyl halides is 2. The van der Waals surface area contributed by atoms with E-state index in [0.717, 1.165) is 42.8 Å². The van der Waals surface area contributed by atoms with Crippen LogP contribution < -0.4 is 0 Å². The molecule has 0 radical (unpaired) electrons. The molecule has 1 aliphatic heterocycles. The van der Waals surface area contributed by atoms with Gasteiger partial charge in [0.1, 0.15) is 0 Å². The Morgan fingerprint density at radius 1 is 1.06 bits per heavy atom. The summed E-state index contributed by atoms with van der Waals surface area (Å²) in [7, 11) is 0. The van der Waals surface area contributed by atoms with Gasteiger partial charge in [0.2, 0.25) is 0 Å². The minimum absolute atomic E-state index is 0.189. The second kappa shape index (κ2) is 2.00. The Morgan fingerprint density at radius 3 is 2.25 bits per heavy atom. The number of halogens is 2. The molecule has 86 valence electrons. The normalized spacial score (nSPS) is 77.6. The Morgan fingerprint density at radius 2 is 1.81 bits per heavy atom. The molecule has 7 aliphatic rings. The van der Waals surface area contributed by atoms with E-state index >= 15 is 0 Å². The van der Waals surface area contributed by atoms with Crippen LogP contribution in [0.5, 0.6) is 0 Å². The highest BCUT2D eigenvalue weighted by Crippen LogP contribution is 3.04. The summed E-state index contributed by atoms with van der Waals surface area (Å²) in [5, 5.41) is 1.20. The average Bonchev–Trinajstić information content (AvgIpc) is 2.97. The molecule has 2 bridgehead atoms. The molecule has 0 N–H and O–H groups in total. The van der Waals surface area contributed by atoms with Gasteiger partial charge in [-0.1, -0.05) is 31.9 Å². The summed E-state index contributed by atoms with van der Waals surface area (Å²) < 4.78 is 12.4. The van der Waals surface area contributed by atoms with Crippen molar-refractivity contribution in [1.82, 2.24) is 0 Å². The van der Waals surface area contributed by atoms with Gasteiger partial charge in [-0.25, -0.2) is 0 Å². The van der Waals surface area contributed by atoms with Crippen LogP contribution in [0.3, 0.4) is 0 Å². The maximum atomic E-state index is 6.11. The van der Waals surface area contributed by atoms with E-state index < -0.39 is 0 Å². The van der Waals surface area contributed by atoms with Gasteiger partial charge in [0.15, 0.2) is 5.79 Å². The quantitative estimate of drug-likeness (QED) is 0.675. The first-order chi connectivity index (χ1) is 7.75. The van der Waals surface area contributed by atoms with Crippen LogP contribution >= 0.6 is 31.9 Å². The molecule has 16 heavy (non-hydrogen) atoms. The predicted molar refractivity (Wildman–Crippen MR) is 63.5 cm³/mol.